The zero-order chi connectivity index (χ0) is 16.1. The molecule has 122 valence electrons. The van der Waals surface area contributed by atoms with Crippen LogP contribution in [0.5, 0.6) is 0 Å². The molecule has 1 aromatic carbocycles. The maximum atomic E-state index is 12.8. The van der Waals surface area contributed by atoms with Gasteiger partial charge in [-0.15, -0.1) is 0 Å². The highest BCUT2D eigenvalue weighted by atomic mass is 19.1. The SMILES string of the molecule is O=C(Cc1ccc(F)cc1)Nc1cnn(CC2CCOCC2)c1. The predicted octanol–water partition coefficient (Wildman–Crippen LogP) is 2.63. The van der Waals surface area contributed by atoms with Gasteiger partial charge in [0.25, 0.3) is 0 Å². The molecular weight excluding hydrogens is 297 g/mol. The fraction of sp³-hybridized carbons (Fsp3) is 0.412. The minimum absolute atomic E-state index is 0.137. The molecule has 1 aromatic heterocycles. The van der Waals surface area contributed by atoms with Crippen molar-refractivity contribution in [2.75, 3.05) is 18.5 Å². The summed E-state index contributed by atoms with van der Waals surface area (Å²) in [4.78, 5) is 12.0. The van der Waals surface area contributed by atoms with Crippen molar-refractivity contribution in [3.05, 3.63) is 48.0 Å². The van der Waals surface area contributed by atoms with Crippen LogP contribution in [0.25, 0.3) is 0 Å². The number of amides is 1. The number of ether oxygens (including phenoxy) is 1. The Morgan fingerprint density at radius 2 is 2.04 bits per heavy atom. The summed E-state index contributed by atoms with van der Waals surface area (Å²) in [6.07, 6.45) is 5.81. The summed E-state index contributed by atoms with van der Waals surface area (Å²) in [6.45, 7) is 2.47. The molecule has 0 bridgehead atoms. The van der Waals surface area contributed by atoms with Crippen molar-refractivity contribution in [3.63, 3.8) is 0 Å². The molecule has 3 rings (SSSR count). The highest BCUT2D eigenvalue weighted by molar-refractivity contribution is 5.91. The second-order valence-electron chi connectivity index (χ2n) is 5.86. The van der Waals surface area contributed by atoms with E-state index in [1.807, 2.05) is 10.9 Å². The number of hydrogen-bond donors (Lipinski definition) is 1. The summed E-state index contributed by atoms with van der Waals surface area (Å²) < 4.78 is 20.1. The van der Waals surface area contributed by atoms with Gasteiger partial charge in [-0.1, -0.05) is 12.1 Å². The minimum Gasteiger partial charge on any atom is -0.381 e. The molecule has 1 fully saturated rings. The van der Waals surface area contributed by atoms with Gasteiger partial charge >= 0.3 is 0 Å². The fourth-order valence-corrected chi connectivity index (χ4v) is 2.71. The van der Waals surface area contributed by atoms with E-state index < -0.39 is 0 Å². The van der Waals surface area contributed by atoms with Crippen LogP contribution < -0.4 is 5.32 Å². The summed E-state index contributed by atoms with van der Waals surface area (Å²) in [5.74, 6) is 0.136. The Balaban J connectivity index is 1.51. The van der Waals surface area contributed by atoms with Gasteiger partial charge in [-0.3, -0.25) is 9.48 Å². The fourth-order valence-electron chi connectivity index (χ4n) is 2.71. The van der Waals surface area contributed by atoms with Crippen LogP contribution in [0.4, 0.5) is 10.1 Å². The Hall–Kier alpha value is -2.21. The standard InChI is InChI=1S/C17H20FN3O2/c18-15-3-1-13(2-4-15)9-17(22)20-16-10-19-21(12-16)11-14-5-7-23-8-6-14/h1-4,10,12,14H,5-9,11H2,(H,20,22). The number of anilines is 1. The van der Waals surface area contributed by atoms with Gasteiger partial charge in [-0.25, -0.2) is 4.39 Å². The van der Waals surface area contributed by atoms with Crippen LogP contribution in [-0.4, -0.2) is 28.9 Å². The maximum absolute atomic E-state index is 12.8. The van der Waals surface area contributed by atoms with Gasteiger partial charge in [0, 0.05) is 26.0 Å². The molecule has 1 amide bonds. The zero-order valence-corrected chi connectivity index (χ0v) is 12.9. The summed E-state index contributed by atoms with van der Waals surface area (Å²) in [5.41, 5.74) is 1.46. The Labute approximate surface area is 134 Å². The van der Waals surface area contributed by atoms with E-state index in [1.54, 1.807) is 18.3 Å². The first-order valence-corrected chi connectivity index (χ1v) is 7.83. The Morgan fingerprint density at radius 3 is 2.78 bits per heavy atom. The number of nitrogens with one attached hydrogen (secondary N) is 1. The number of halogens is 1. The van der Waals surface area contributed by atoms with Gasteiger partial charge in [0.1, 0.15) is 5.82 Å². The lowest BCUT2D eigenvalue weighted by molar-refractivity contribution is -0.115. The van der Waals surface area contributed by atoms with E-state index in [-0.39, 0.29) is 18.1 Å². The summed E-state index contributed by atoms with van der Waals surface area (Å²) in [6, 6.07) is 5.94. The summed E-state index contributed by atoms with van der Waals surface area (Å²) >= 11 is 0. The van der Waals surface area contributed by atoms with Gasteiger partial charge < -0.3 is 10.1 Å². The van der Waals surface area contributed by atoms with Crippen molar-refractivity contribution in [2.45, 2.75) is 25.8 Å². The van der Waals surface area contributed by atoms with Gasteiger partial charge in [-0.2, -0.15) is 5.10 Å². The average molecular weight is 317 g/mol. The van der Waals surface area contributed by atoms with Crippen molar-refractivity contribution in [1.29, 1.82) is 0 Å². The van der Waals surface area contributed by atoms with Crippen molar-refractivity contribution < 1.29 is 13.9 Å². The smallest absolute Gasteiger partial charge is 0.228 e. The van der Waals surface area contributed by atoms with Crippen LogP contribution in [-0.2, 0) is 22.5 Å². The number of carbonyl (C=O) groups is 1. The van der Waals surface area contributed by atoms with E-state index in [1.165, 1.54) is 12.1 Å². The van der Waals surface area contributed by atoms with Gasteiger partial charge in [0.2, 0.25) is 5.91 Å². The monoisotopic (exact) mass is 317 g/mol. The van der Waals surface area contributed by atoms with E-state index >= 15 is 0 Å². The number of hydrogen-bond acceptors (Lipinski definition) is 3. The van der Waals surface area contributed by atoms with E-state index in [4.69, 9.17) is 4.74 Å². The average Bonchev–Trinajstić information content (AvgIpc) is 2.97. The van der Waals surface area contributed by atoms with Crippen molar-refractivity contribution >= 4 is 11.6 Å². The lowest BCUT2D eigenvalue weighted by Gasteiger charge is -2.21. The van der Waals surface area contributed by atoms with Crippen molar-refractivity contribution in [3.8, 4) is 0 Å². The molecule has 0 radical (unpaired) electrons. The first-order valence-electron chi connectivity index (χ1n) is 7.83. The minimum atomic E-state index is -0.302. The molecule has 0 spiro atoms. The number of benzene rings is 1. The Morgan fingerprint density at radius 1 is 1.30 bits per heavy atom. The van der Waals surface area contributed by atoms with Crippen molar-refractivity contribution in [1.82, 2.24) is 9.78 Å². The largest absolute Gasteiger partial charge is 0.381 e. The number of aromatic nitrogens is 2. The van der Waals surface area contributed by atoms with Crippen LogP contribution in [0.1, 0.15) is 18.4 Å². The van der Waals surface area contributed by atoms with E-state index in [2.05, 4.69) is 10.4 Å². The Bertz CT molecular complexity index is 648. The quantitative estimate of drug-likeness (QED) is 0.922. The second-order valence-corrected chi connectivity index (χ2v) is 5.86. The molecule has 2 aromatic rings. The third-order valence-corrected chi connectivity index (χ3v) is 3.98. The maximum Gasteiger partial charge on any atom is 0.228 e. The van der Waals surface area contributed by atoms with Gasteiger partial charge in [-0.05, 0) is 36.5 Å². The van der Waals surface area contributed by atoms with Crippen LogP contribution in [0, 0.1) is 11.7 Å². The summed E-state index contributed by atoms with van der Waals surface area (Å²) in [7, 11) is 0. The second kappa shape index (κ2) is 7.37. The number of carbonyl (C=O) groups excluding carboxylic acids is 1. The third-order valence-electron chi connectivity index (χ3n) is 3.98. The molecule has 0 atom stereocenters. The topological polar surface area (TPSA) is 56.2 Å². The molecule has 5 nitrogen and oxygen atoms in total. The molecule has 1 N–H and O–H groups in total. The molecular formula is C17H20FN3O2. The third kappa shape index (κ3) is 4.63. The van der Waals surface area contributed by atoms with E-state index in [9.17, 15) is 9.18 Å². The van der Waals surface area contributed by atoms with Gasteiger partial charge in [0.15, 0.2) is 0 Å². The molecule has 0 aliphatic carbocycles. The van der Waals surface area contributed by atoms with Crippen LogP contribution in [0.2, 0.25) is 0 Å². The molecule has 1 aliphatic heterocycles. The first-order chi connectivity index (χ1) is 11.2. The van der Waals surface area contributed by atoms with Crippen molar-refractivity contribution in [2.24, 2.45) is 5.92 Å². The molecule has 0 unspecified atom stereocenters. The molecule has 6 heteroatoms. The lowest BCUT2D eigenvalue weighted by Crippen LogP contribution is -2.20. The number of nitrogens with zero attached hydrogens (tertiary/aromatic N) is 2. The van der Waals surface area contributed by atoms with E-state index in [0.717, 1.165) is 38.2 Å². The first kappa shape index (κ1) is 15.7. The van der Waals surface area contributed by atoms with Crippen LogP contribution >= 0.6 is 0 Å². The van der Waals surface area contributed by atoms with E-state index in [0.29, 0.717) is 11.6 Å². The summed E-state index contributed by atoms with van der Waals surface area (Å²) in [5, 5.41) is 7.12. The highest BCUT2D eigenvalue weighted by Gasteiger charge is 2.15. The lowest BCUT2D eigenvalue weighted by atomic mass is 10.0. The van der Waals surface area contributed by atoms with Crippen LogP contribution in [0.3, 0.4) is 0 Å². The van der Waals surface area contributed by atoms with Gasteiger partial charge in [0.05, 0.1) is 18.3 Å². The van der Waals surface area contributed by atoms with Crippen LogP contribution in [0.15, 0.2) is 36.7 Å². The predicted molar refractivity (Wildman–Crippen MR) is 84.5 cm³/mol. The molecule has 1 saturated heterocycles. The molecule has 1 aliphatic rings. The number of rotatable bonds is 5. The Kier molecular flexibility index (Phi) is 5.02. The highest BCUT2D eigenvalue weighted by Crippen LogP contribution is 2.17. The zero-order valence-electron chi connectivity index (χ0n) is 12.9. The normalized spacial score (nSPS) is 15.5. The molecule has 23 heavy (non-hydrogen) atoms. The molecule has 2 heterocycles. The molecule has 0 saturated carbocycles.